The van der Waals surface area contributed by atoms with Crippen molar-refractivity contribution in [2.75, 3.05) is 16.4 Å². The lowest BCUT2D eigenvalue weighted by Gasteiger charge is -2.13. The maximum absolute atomic E-state index is 12.2. The Morgan fingerprint density at radius 1 is 1.17 bits per heavy atom. The molecule has 2 N–H and O–H groups in total. The number of thioether (sulfide) groups is 1. The molecule has 0 saturated carbocycles. The van der Waals surface area contributed by atoms with Crippen LogP contribution in [0.4, 0.5) is 11.4 Å². The highest BCUT2D eigenvalue weighted by Gasteiger charge is 2.13. The summed E-state index contributed by atoms with van der Waals surface area (Å²) in [5, 5.41) is 7.52. The van der Waals surface area contributed by atoms with Gasteiger partial charge in [-0.3, -0.25) is 9.59 Å². The van der Waals surface area contributed by atoms with Crippen molar-refractivity contribution in [2.24, 2.45) is 0 Å². The zero-order valence-corrected chi connectivity index (χ0v) is 15.5. The summed E-state index contributed by atoms with van der Waals surface area (Å²) in [7, 11) is 0. The Kier molecular flexibility index (Phi) is 7.34. The van der Waals surface area contributed by atoms with Crippen LogP contribution in [0.3, 0.4) is 0 Å². The zero-order valence-electron chi connectivity index (χ0n) is 13.9. The first-order valence-corrected chi connectivity index (χ1v) is 9.90. The third kappa shape index (κ3) is 5.69. The molecule has 1 heterocycles. The van der Waals surface area contributed by atoms with Crippen molar-refractivity contribution in [3.63, 3.8) is 0 Å². The Labute approximate surface area is 151 Å². The monoisotopic (exact) mass is 362 g/mol. The lowest BCUT2D eigenvalue weighted by molar-refractivity contribution is -0.115. The van der Waals surface area contributed by atoms with Crippen molar-refractivity contribution in [3.05, 3.63) is 46.7 Å². The van der Waals surface area contributed by atoms with Gasteiger partial charge in [0.2, 0.25) is 5.91 Å². The van der Waals surface area contributed by atoms with Gasteiger partial charge in [0.25, 0.3) is 5.91 Å². The van der Waals surface area contributed by atoms with Gasteiger partial charge in [-0.05, 0) is 48.7 Å². The van der Waals surface area contributed by atoms with E-state index in [0.717, 1.165) is 18.6 Å². The minimum Gasteiger partial charge on any atom is -0.325 e. The summed E-state index contributed by atoms with van der Waals surface area (Å²) < 4.78 is 0. The van der Waals surface area contributed by atoms with Crippen LogP contribution in [0.1, 0.15) is 36.4 Å². The van der Waals surface area contributed by atoms with Crippen LogP contribution in [0.5, 0.6) is 0 Å². The maximum Gasteiger partial charge on any atom is 0.265 e. The first kappa shape index (κ1) is 18.5. The number of amides is 2. The quantitative estimate of drug-likeness (QED) is 0.659. The predicted molar refractivity (Wildman–Crippen MR) is 104 cm³/mol. The molecule has 0 aliphatic heterocycles. The number of hydrogen-bond donors (Lipinski definition) is 2. The molecular formula is C18H22N2O2S2. The van der Waals surface area contributed by atoms with Crippen LogP contribution in [-0.2, 0) is 4.79 Å². The molecule has 0 bridgehead atoms. The summed E-state index contributed by atoms with van der Waals surface area (Å²) in [5.41, 5.74) is 1.35. The van der Waals surface area contributed by atoms with Gasteiger partial charge in [0, 0.05) is 11.4 Å². The lowest BCUT2D eigenvalue weighted by atomic mass is 10.2. The highest BCUT2D eigenvalue weighted by molar-refractivity contribution is 8.00. The van der Waals surface area contributed by atoms with Gasteiger partial charge in [-0.15, -0.1) is 23.1 Å². The second-order valence-electron chi connectivity index (χ2n) is 5.37. The van der Waals surface area contributed by atoms with Gasteiger partial charge in [-0.1, -0.05) is 25.5 Å². The van der Waals surface area contributed by atoms with Crippen LogP contribution in [0.2, 0.25) is 0 Å². The van der Waals surface area contributed by atoms with E-state index in [9.17, 15) is 9.59 Å². The molecule has 0 aliphatic rings. The molecule has 1 aromatic heterocycles. The van der Waals surface area contributed by atoms with Crippen LogP contribution in [-0.4, -0.2) is 22.8 Å². The van der Waals surface area contributed by atoms with E-state index >= 15 is 0 Å². The topological polar surface area (TPSA) is 58.2 Å². The molecule has 2 amide bonds. The highest BCUT2D eigenvalue weighted by Crippen LogP contribution is 2.19. The van der Waals surface area contributed by atoms with Gasteiger partial charge in [0.1, 0.15) is 0 Å². The first-order valence-electron chi connectivity index (χ1n) is 7.97. The van der Waals surface area contributed by atoms with E-state index in [4.69, 9.17) is 0 Å². The summed E-state index contributed by atoms with van der Waals surface area (Å²) in [4.78, 5) is 24.9. The summed E-state index contributed by atoms with van der Waals surface area (Å²) in [6, 6.07) is 10.8. The number of carbonyl (C=O) groups excluding carboxylic acids is 2. The summed E-state index contributed by atoms with van der Waals surface area (Å²) in [6.45, 7) is 4.05. The molecule has 0 spiro atoms. The highest BCUT2D eigenvalue weighted by atomic mass is 32.2. The number of rotatable bonds is 8. The third-order valence-electron chi connectivity index (χ3n) is 3.37. The van der Waals surface area contributed by atoms with Crippen LogP contribution >= 0.6 is 23.1 Å². The molecule has 24 heavy (non-hydrogen) atoms. The molecule has 0 saturated heterocycles. The fraction of sp³-hybridized carbons (Fsp3) is 0.333. The molecule has 1 atom stereocenters. The molecule has 2 aromatic rings. The van der Waals surface area contributed by atoms with Crippen molar-refractivity contribution in [1.29, 1.82) is 0 Å². The standard InChI is InChI=1S/C18H22N2O2S2/c1-3-4-10-23-13(2)17(21)19-14-7-5-8-15(12-14)20-18(22)16-9-6-11-24-16/h5-9,11-13H,3-4,10H2,1-2H3,(H,19,21)(H,20,22). The number of nitrogens with one attached hydrogen (secondary N) is 2. The van der Waals surface area contributed by atoms with Crippen LogP contribution in [0, 0.1) is 0 Å². The van der Waals surface area contributed by atoms with Crippen molar-refractivity contribution in [2.45, 2.75) is 31.9 Å². The van der Waals surface area contributed by atoms with E-state index in [-0.39, 0.29) is 17.1 Å². The number of benzene rings is 1. The van der Waals surface area contributed by atoms with E-state index in [1.165, 1.54) is 11.3 Å². The summed E-state index contributed by atoms with van der Waals surface area (Å²) in [5.74, 6) is 0.831. The number of anilines is 2. The second-order valence-corrected chi connectivity index (χ2v) is 7.76. The van der Waals surface area contributed by atoms with E-state index in [1.807, 2.05) is 30.5 Å². The Morgan fingerprint density at radius 3 is 2.58 bits per heavy atom. The molecule has 0 radical (unpaired) electrons. The van der Waals surface area contributed by atoms with Crippen LogP contribution in [0.25, 0.3) is 0 Å². The number of hydrogen-bond acceptors (Lipinski definition) is 4. The largest absolute Gasteiger partial charge is 0.325 e. The van der Waals surface area contributed by atoms with Gasteiger partial charge < -0.3 is 10.6 Å². The predicted octanol–water partition coefficient (Wildman–Crippen LogP) is 4.86. The Morgan fingerprint density at radius 2 is 1.92 bits per heavy atom. The normalized spacial score (nSPS) is 11.8. The van der Waals surface area contributed by atoms with Gasteiger partial charge in [0.05, 0.1) is 10.1 Å². The summed E-state index contributed by atoms with van der Waals surface area (Å²) in [6.07, 6.45) is 2.25. The smallest absolute Gasteiger partial charge is 0.265 e. The van der Waals surface area contributed by atoms with Gasteiger partial charge in [-0.2, -0.15) is 0 Å². The molecule has 1 aromatic carbocycles. The number of thiophene rings is 1. The first-order chi connectivity index (χ1) is 11.6. The molecular weight excluding hydrogens is 340 g/mol. The molecule has 0 aliphatic carbocycles. The Balaban J connectivity index is 1.92. The average Bonchev–Trinajstić information content (AvgIpc) is 3.10. The van der Waals surface area contributed by atoms with E-state index < -0.39 is 0 Å². The fourth-order valence-corrected chi connectivity index (χ4v) is 3.64. The molecule has 6 heteroatoms. The van der Waals surface area contributed by atoms with E-state index in [1.54, 1.807) is 30.0 Å². The van der Waals surface area contributed by atoms with E-state index in [0.29, 0.717) is 16.3 Å². The zero-order chi connectivity index (χ0) is 17.4. The Hall–Kier alpha value is -1.79. The summed E-state index contributed by atoms with van der Waals surface area (Å²) >= 11 is 3.05. The van der Waals surface area contributed by atoms with Crippen LogP contribution < -0.4 is 10.6 Å². The van der Waals surface area contributed by atoms with Crippen molar-refractivity contribution < 1.29 is 9.59 Å². The van der Waals surface area contributed by atoms with Gasteiger partial charge in [-0.25, -0.2) is 0 Å². The lowest BCUT2D eigenvalue weighted by Crippen LogP contribution is -2.22. The Bertz CT molecular complexity index is 671. The van der Waals surface area contributed by atoms with Crippen molar-refractivity contribution in [3.8, 4) is 0 Å². The minimum atomic E-state index is -0.142. The maximum atomic E-state index is 12.2. The second kappa shape index (κ2) is 9.49. The minimum absolute atomic E-state index is 0.0159. The number of unbranched alkanes of at least 4 members (excludes halogenated alkanes) is 1. The fourth-order valence-electron chi connectivity index (χ4n) is 2.00. The third-order valence-corrected chi connectivity index (χ3v) is 5.47. The molecule has 1 unspecified atom stereocenters. The van der Waals surface area contributed by atoms with Gasteiger partial charge in [0.15, 0.2) is 0 Å². The van der Waals surface area contributed by atoms with Crippen LogP contribution in [0.15, 0.2) is 41.8 Å². The van der Waals surface area contributed by atoms with Crippen molar-refractivity contribution in [1.82, 2.24) is 0 Å². The molecule has 128 valence electrons. The van der Waals surface area contributed by atoms with Crippen molar-refractivity contribution >= 4 is 46.3 Å². The SMILES string of the molecule is CCCCSC(C)C(=O)Nc1cccc(NC(=O)c2cccs2)c1. The van der Waals surface area contributed by atoms with E-state index in [2.05, 4.69) is 17.6 Å². The number of carbonyl (C=O) groups is 2. The molecule has 0 fully saturated rings. The molecule has 4 nitrogen and oxygen atoms in total. The average molecular weight is 363 g/mol. The molecule has 2 rings (SSSR count). The van der Waals surface area contributed by atoms with Gasteiger partial charge >= 0.3 is 0 Å².